The zero-order valence-corrected chi connectivity index (χ0v) is 10.8. The van der Waals surface area contributed by atoms with Gasteiger partial charge in [0.15, 0.2) is 0 Å². The molecule has 1 rings (SSSR count). The SMILES string of the molecule is Cc1cccc(OCCCCNCC(C)O)c1. The zero-order valence-electron chi connectivity index (χ0n) is 10.8. The van der Waals surface area contributed by atoms with Gasteiger partial charge in [-0.1, -0.05) is 12.1 Å². The van der Waals surface area contributed by atoms with Gasteiger partial charge in [0.25, 0.3) is 0 Å². The van der Waals surface area contributed by atoms with E-state index in [1.165, 1.54) is 5.56 Å². The lowest BCUT2D eigenvalue weighted by Crippen LogP contribution is -2.25. The van der Waals surface area contributed by atoms with Crippen molar-refractivity contribution in [1.82, 2.24) is 5.32 Å². The minimum Gasteiger partial charge on any atom is -0.494 e. The van der Waals surface area contributed by atoms with Gasteiger partial charge in [-0.15, -0.1) is 0 Å². The number of hydrogen-bond donors (Lipinski definition) is 2. The molecule has 0 saturated carbocycles. The first-order valence-electron chi connectivity index (χ1n) is 6.27. The second-order valence-electron chi connectivity index (χ2n) is 4.43. The van der Waals surface area contributed by atoms with Crippen LogP contribution in [-0.2, 0) is 0 Å². The van der Waals surface area contributed by atoms with Gasteiger partial charge in [0.1, 0.15) is 5.75 Å². The Morgan fingerprint density at radius 2 is 2.18 bits per heavy atom. The molecule has 0 heterocycles. The summed E-state index contributed by atoms with van der Waals surface area (Å²) >= 11 is 0. The molecule has 0 amide bonds. The van der Waals surface area contributed by atoms with E-state index in [1.54, 1.807) is 6.92 Å². The Bertz CT molecular complexity index is 313. The summed E-state index contributed by atoms with van der Waals surface area (Å²) in [6, 6.07) is 8.10. The lowest BCUT2D eigenvalue weighted by atomic mass is 10.2. The maximum atomic E-state index is 9.04. The standard InChI is InChI=1S/C14H23NO2/c1-12-6-5-7-14(10-12)17-9-4-3-8-15-11-13(2)16/h5-7,10,13,15-16H,3-4,8-9,11H2,1-2H3. The van der Waals surface area contributed by atoms with Gasteiger partial charge < -0.3 is 15.2 Å². The first-order valence-corrected chi connectivity index (χ1v) is 6.27. The molecule has 1 atom stereocenters. The predicted molar refractivity (Wildman–Crippen MR) is 70.5 cm³/mol. The highest BCUT2D eigenvalue weighted by molar-refractivity contribution is 5.27. The summed E-state index contributed by atoms with van der Waals surface area (Å²) in [5.74, 6) is 0.946. The summed E-state index contributed by atoms with van der Waals surface area (Å²) in [6.45, 7) is 6.20. The van der Waals surface area contributed by atoms with Gasteiger partial charge in [-0.2, -0.15) is 0 Å². The van der Waals surface area contributed by atoms with Gasteiger partial charge in [-0.25, -0.2) is 0 Å². The summed E-state index contributed by atoms with van der Waals surface area (Å²) in [6.07, 6.45) is 1.83. The zero-order chi connectivity index (χ0) is 12.5. The number of ether oxygens (including phenoxy) is 1. The Hall–Kier alpha value is -1.06. The van der Waals surface area contributed by atoms with E-state index in [4.69, 9.17) is 9.84 Å². The minimum absolute atomic E-state index is 0.265. The molecule has 17 heavy (non-hydrogen) atoms. The van der Waals surface area contributed by atoms with Crippen molar-refractivity contribution in [2.24, 2.45) is 0 Å². The number of aliphatic hydroxyl groups excluding tert-OH is 1. The molecule has 0 aliphatic heterocycles. The third kappa shape index (κ3) is 6.97. The smallest absolute Gasteiger partial charge is 0.119 e. The molecule has 0 saturated heterocycles. The van der Waals surface area contributed by atoms with E-state index in [-0.39, 0.29) is 6.10 Å². The van der Waals surface area contributed by atoms with Crippen LogP contribution in [0, 0.1) is 6.92 Å². The maximum Gasteiger partial charge on any atom is 0.119 e. The van der Waals surface area contributed by atoms with Crippen molar-refractivity contribution >= 4 is 0 Å². The summed E-state index contributed by atoms with van der Waals surface area (Å²) in [4.78, 5) is 0. The van der Waals surface area contributed by atoms with E-state index < -0.39 is 0 Å². The van der Waals surface area contributed by atoms with Crippen LogP contribution in [0.2, 0.25) is 0 Å². The van der Waals surface area contributed by atoms with Crippen molar-refractivity contribution in [3.63, 3.8) is 0 Å². The second-order valence-corrected chi connectivity index (χ2v) is 4.43. The van der Waals surface area contributed by atoms with Gasteiger partial charge in [-0.05, 0) is 50.9 Å². The van der Waals surface area contributed by atoms with Crippen molar-refractivity contribution in [3.05, 3.63) is 29.8 Å². The predicted octanol–water partition coefficient (Wildman–Crippen LogP) is 2.12. The molecule has 1 aromatic rings. The van der Waals surface area contributed by atoms with Gasteiger partial charge in [0, 0.05) is 6.54 Å². The van der Waals surface area contributed by atoms with Gasteiger partial charge in [0.05, 0.1) is 12.7 Å². The minimum atomic E-state index is -0.265. The van der Waals surface area contributed by atoms with Crippen LogP contribution in [0.4, 0.5) is 0 Å². The number of nitrogens with one attached hydrogen (secondary N) is 1. The normalized spacial score (nSPS) is 12.4. The van der Waals surface area contributed by atoms with Crippen LogP contribution in [0.15, 0.2) is 24.3 Å². The molecule has 0 spiro atoms. The van der Waals surface area contributed by atoms with E-state index in [0.29, 0.717) is 6.54 Å². The summed E-state index contributed by atoms with van der Waals surface area (Å²) in [5, 5.41) is 12.2. The summed E-state index contributed by atoms with van der Waals surface area (Å²) in [5.41, 5.74) is 1.22. The van der Waals surface area contributed by atoms with Crippen molar-refractivity contribution in [2.75, 3.05) is 19.7 Å². The fraction of sp³-hybridized carbons (Fsp3) is 0.571. The van der Waals surface area contributed by atoms with Crippen LogP contribution in [-0.4, -0.2) is 30.9 Å². The average molecular weight is 237 g/mol. The highest BCUT2D eigenvalue weighted by atomic mass is 16.5. The highest BCUT2D eigenvalue weighted by Gasteiger charge is 1.96. The number of unbranched alkanes of at least 4 members (excludes halogenated alkanes) is 1. The Kier molecular flexibility index (Phi) is 6.67. The van der Waals surface area contributed by atoms with Crippen LogP contribution < -0.4 is 10.1 Å². The van der Waals surface area contributed by atoms with E-state index in [2.05, 4.69) is 18.3 Å². The molecule has 1 unspecified atom stereocenters. The Labute approximate surface area is 104 Å². The molecule has 0 aliphatic carbocycles. The van der Waals surface area contributed by atoms with E-state index in [9.17, 15) is 0 Å². The quantitative estimate of drug-likeness (QED) is 0.681. The molecule has 0 radical (unpaired) electrons. The second kappa shape index (κ2) is 8.09. The lowest BCUT2D eigenvalue weighted by molar-refractivity contribution is 0.191. The number of aliphatic hydroxyl groups is 1. The number of rotatable bonds is 8. The topological polar surface area (TPSA) is 41.5 Å². The van der Waals surface area contributed by atoms with Gasteiger partial charge in [0.2, 0.25) is 0 Å². The third-order valence-electron chi connectivity index (χ3n) is 2.45. The van der Waals surface area contributed by atoms with Crippen LogP contribution in [0.25, 0.3) is 0 Å². The number of benzene rings is 1. The molecule has 0 aromatic heterocycles. The van der Waals surface area contributed by atoms with Crippen LogP contribution in [0.5, 0.6) is 5.75 Å². The van der Waals surface area contributed by atoms with Crippen LogP contribution in [0.3, 0.4) is 0 Å². The molecule has 3 heteroatoms. The van der Waals surface area contributed by atoms with Crippen LogP contribution >= 0.6 is 0 Å². The fourth-order valence-corrected chi connectivity index (χ4v) is 1.56. The highest BCUT2D eigenvalue weighted by Crippen LogP contribution is 2.12. The third-order valence-corrected chi connectivity index (χ3v) is 2.45. The van der Waals surface area contributed by atoms with Gasteiger partial charge >= 0.3 is 0 Å². The summed E-state index contributed by atoms with van der Waals surface area (Å²) < 4.78 is 5.64. The lowest BCUT2D eigenvalue weighted by Gasteiger charge is -2.08. The van der Waals surface area contributed by atoms with Gasteiger partial charge in [-0.3, -0.25) is 0 Å². The molecule has 0 aliphatic rings. The number of aryl methyl sites for hydroxylation is 1. The molecule has 0 bridgehead atoms. The molecule has 1 aromatic carbocycles. The maximum absolute atomic E-state index is 9.04. The van der Waals surface area contributed by atoms with Crippen molar-refractivity contribution < 1.29 is 9.84 Å². The van der Waals surface area contributed by atoms with E-state index in [0.717, 1.165) is 31.7 Å². The Balaban J connectivity index is 2.01. The van der Waals surface area contributed by atoms with E-state index >= 15 is 0 Å². The molecule has 96 valence electrons. The van der Waals surface area contributed by atoms with Crippen molar-refractivity contribution in [3.8, 4) is 5.75 Å². The monoisotopic (exact) mass is 237 g/mol. The summed E-state index contributed by atoms with van der Waals surface area (Å²) in [7, 11) is 0. The van der Waals surface area contributed by atoms with Crippen LogP contribution in [0.1, 0.15) is 25.3 Å². The Morgan fingerprint density at radius 1 is 1.35 bits per heavy atom. The average Bonchev–Trinajstić information content (AvgIpc) is 2.27. The first kappa shape index (κ1) is 14.0. The molecule has 3 nitrogen and oxygen atoms in total. The molecular weight excluding hydrogens is 214 g/mol. The first-order chi connectivity index (χ1) is 8.18. The Morgan fingerprint density at radius 3 is 2.88 bits per heavy atom. The number of hydrogen-bond acceptors (Lipinski definition) is 3. The fourth-order valence-electron chi connectivity index (χ4n) is 1.56. The molecular formula is C14H23NO2. The van der Waals surface area contributed by atoms with Crippen molar-refractivity contribution in [1.29, 1.82) is 0 Å². The van der Waals surface area contributed by atoms with Crippen molar-refractivity contribution in [2.45, 2.75) is 32.8 Å². The van der Waals surface area contributed by atoms with E-state index in [1.807, 2.05) is 18.2 Å². The molecule has 0 fully saturated rings. The largest absolute Gasteiger partial charge is 0.494 e. The molecule has 2 N–H and O–H groups in total.